The second kappa shape index (κ2) is 7.75. The SMILES string of the molecule is CCCNc1nnc(CN2CCSCC2S(=O)(=O)CC)s1. The van der Waals surface area contributed by atoms with Gasteiger partial charge in [0.25, 0.3) is 0 Å². The zero-order valence-electron chi connectivity index (χ0n) is 12.4. The maximum atomic E-state index is 12.2. The molecule has 0 aliphatic carbocycles. The Morgan fingerprint density at radius 3 is 2.90 bits per heavy atom. The summed E-state index contributed by atoms with van der Waals surface area (Å²) in [5.41, 5.74) is 0. The molecule has 1 N–H and O–H groups in total. The lowest BCUT2D eigenvalue weighted by Gasteiger charge is -2.33. The third kappa shape index (κ3) is 4.54. The maximum absolute atomic E-state index is 12.2. The molecule has 0 bridgehead atoms. The highest BCUT2D eigenvalue weighted by Gasteiger charge is 2.33. The van der Waals surface area contributed by atoms with E-state index in [1.807, 2.05) is 4.90 Å². The molecular weight excluding hydrogens is 328 g/mol. The summed E-state index contributed by atoms with van der Waals surface area (Å²) >= 11 is 3.22. The van der Waals surface area contributed by atoms with Crippen LogP contribution in [0.5, 0.6) is 0 Å². The van der Waals surface area contributed by atoms with E-state index in [4.69, 9.17) is 0 Å². The molecule has 0 radical (unpaired) electrons. The van der Waals surface area contributed by atoms with Crippen molar-refractivity contribution in [1.29, 1.82) is 0 Å². The molecule has 0 saturated carbocycles. The quantitative estimate of drug-likeness (QED) is 0.801. The Morgan fingerprint density at radius 1 is 1.38 bits per heavy atom. The minimum absolute atomic E-state index is 0.189. The number of hydrogen-bond donors (Lipinski definition) is 1. The van der Waals surface area contributed by atoms with Gasteiger partial charge in [0.05, 0.1) is 6.54 Å². The Morgan fingerprint density at radius 2 is 2.19 bits per heavy atom. The minimum Gasteiger partial charge on any atom is -0.360 e. The Hall–Kier alpha value is -0.380. The molecule has 2 rings (SSSR count). The summed E-state index contributed by atoms with van der Waals surface area (Å²) in [7, 11) is -3.05. The summed E-state index contributed by atoms with van der Waals surface area (Å²) in [6, 6.07) is 0. The highest BCUT2D eigenvalue weighted by Crippen LogP contribution is 2.25. The van der Waals surface area contributed by atoms with Crippen LogP contribution in [0.1, 0.15) is 25.3 Å². The first-order valence-electron chi connectivity index (χ1n) is 7.16. The van der Waals surface area contributed by atoms with E-state index in [1.54, 1.807) is 18.7 Å². The van der Waals surface area contributed by atoms with Crippen LogP contribution < -0.4 is 5.32 Å². The predicted molar refractivity (Wildman–Crippen MR) is 89.7 cm³/mol. The summed E-state index contributed by atoms with van der Waals surface area (Å²) < 4.78 is 24.4. The van der Waals surface area contributed by atoms with Crippen LogP contribution in [-0.2, 0) is 16.4 Å². The fraction of sp³-hybridized carbons (Fsp3) is 0.833. The van der Waals surface area contributed by atoms with Crippen LogP contribution in [0.3, 0.4) is 0 Å². The van der Waals surface area contributed by atoms with Gasteiger partial charge >= 0.3 is 0 Å². The van der Waals surface area contributed by atoms with Crippen molar-refractivity contribution >= 4 is 38.1 Å². The Labute approximate surface area is 134 Å². The van der Waals surface area contributed by atoms with Crippen molar-refractivity contribution in [2.75, 3.05) is 35.7 Å². The molecule has 1 aliphatic rings. The number of sulfone groups is 1. The number of thioether (sulfide) groups is 1. The molecule has 0 spiro atoms. The number of hydrogen-bond acceptors (Lipinski definition) is 8. The molecule has 120 valence electrons. The van der Waals surface area contributed by atoms with Crippen molar-refractivity contribution < 1.29 is 8.42 Å². The number of aromatic nitrogens is 2. The standard InChI is InChI=1S/C12H22N4O2S3/c1-3-5-13-12-15-14-10(20-12)8-16-6-7-19-9-11(16)21(17,18)4-2/h11H,3-9H2,1-2H3,(H,13,15). The molecule has 1 aromatic heterocycles. The Balaban J connectivity index is 2.03. The highest BCUT2D eigenvalue weighted by molar-refractivity contribution is 8.01. The van der Waals surface area contributed by atoms with Gasteiger partial charge in [0.15, 0.2) is 9.84 Å². The van der Waals surface area contributed by atoms with Crippen molar-refractivity contribution in [3.63, 3.8) is 0 Å². The first kappa shape index (κ1) is 17.0. The molecule has 0 amide bonds. The lowest BCUT2D eigenvalue weighted by atomic mass is 10.4. The highest BCUT2D eigenvalue weighted by atomic mass is 32.2. The summed E-state index contributed by atoms with van der Waals surface area (Å²) in [5, 5.41) is 12.8. The average molecular weight is 351 g/mol. The molecule has 1 atom stereocenters. The molecule has 1 unspecified atom stereocenters. The van der Waals surface area contributed by atoms with Gasteiger partial charge in [0.1, 0.15) is 10.4 Å². The van der Waals surface area contributed by atoms with E-state index in [9.17, 15) is 8.42 Å². The van der Waals surface area contributed by atoms with Gasteiger partial charge in [-0.1, -0.05) is 25.2 Å². The van der Waals surface area contributed by atoms with Crippen molar-refractivity contribution in [3.8, 4) is 0 Å². The second-order valence-electron chi connectivity index (χ2n) is 4.88. The molecule has 1 aliphatic heterocycles. The van der Waals surface area contributed by atoms with E-state index >= 15 is 0 Å². The molecule has 6 nitrogen and oxygen atoms in total. The zero-order valence-corrected chi connectivity index (χ0v) is 14.9. The average Bonchev–Trinajstić information content (AvgIpc) is 2.93. The lowest BCUT2D eigenvalue weighted by Crippen LogP contribution is -2.47. The maximum Gasteiger partial charge on any atom is 0.205 e. The van der Waals surface area contributed by atoms with Crippen molar-refractivity contribution in [2.24, 2.45) is 0 Å². The van der Waals surface area contributed by atoms with Gasteiger partial charge in [-0.25, -0.2) is 8.42 Å². The van der Waals surface area contributed by atoms with Crippen LogP contribution >= 0.6 is 23.1 Å². The van der Waals surface area contributed by atoms with E-state index < -0.39 is 15.2 Å². The van der Waals surface area contributed by atoms with Crippen LogP contribution in [0.15, 0.2) is 0 Å². The molecule has 1 saturated heterocycles. The fourth-order valence-corrected chi connectivity index (χ4v) is 5.98. The van der Waals surface area contributed by atoms with Crippen LogP contribution in [-0.4, -0.2) is 59.2 Å². The number of anilines is 1. The van der Waals surface area contributed by atoms with Gasteiger partial charge < -0.3 is 5.32 Å². The number of nitrogens with zero attached hydrogens (tertiary/aromatic N) is 3. The van der Waals surface area contributed by atoms with Crippen molar-refractivity contribution in [2.45, 2.75) is 32.2 Å². The third-order valence-electron chi connectivity index (χ3n) is 3.34. The Kier molecular flexibility index (Phi) is 6.27. The molecule has 2 heterocycles. The van der Waals surface area contributed by atoms with E-state index in [0.717, 1.165) is 35.4 Å². The molecule has 0 aromatic carbocycles. The number of rotatable bonds is 7. The van der Waals surface area contributed by atoms with Crippen molar-refractivity contribution in [1.82, 2.24) is 15.1 Å². The van der Waals surface area contributed by atoms with Crippen LogP contribution in [0.2, 0.25) is 0 Å². The molecule has 1 fully saturated rings. The summed E-state index contributed by atoms with van der Waals surface area (Å²) in [6.07, 6.45) is 1.04. The largest absolute Gasteiger partial charge is 0.360 e. The molecule has 9 heteroatoms. The van der Waals surface area contributed by atoms with Gasteiger partial charge in [-0.15, -0.1) is 10.2 Å². The fourth-order valence-electron chi connectivity index (χ4n) is 2.11. The van der Waals surface area contributed by atoms with Gasteiger partial charge in [-0.05, 0) is 6.42 Å². The van der Waals surface area contributed by atoms with Crippen molar-refractivity contribution in [3.05, 3.63) is 5.01 Å². The van der Waals surface area contributed by atoms with E-state index in [1.165, 1.54) is 11.3 Å². The first-order chi connectivity index (χ1) is 10.1. The smallest absolute Gasteiger partial charge is 0.205 e. The normalized spacial score (nSPS) is 20.6. The summed E-state index contributed by atoms with van der Waals surface area (Å²) in [4.78, 5) is 2.03. The molecule has 1 aromatic rings. The number of nitrogens with one attached hydrogen (secondary N) is 1. The second-order valence-corrected chi connectivity index (χ2v) is 9.54. The van der Waals surface area contributed by atoms with E-state index in [0.29, 0.717) is 12.3 Å². The predicted octanol–water partition coefficient (Wildman–Crippen LogP) is 1.67. The summed E-state index contributed by atoms with van der Waals surface area (Å²) in [5.74, 6) is 1.81. The summed E-state index contributed by atoms with van der Waals surface area (Å²) in [6.45, 7) is 6.04. The topological polar surface area (TPSA) is 75.2 Å². The van der Waals surface area contributed by atoms with Gasteiger partial charge in [0.2, 0.25) is 5.13 Å². The minimum atomic E-state index is -3.05. The van der Waals surface area contributed by atoms with Gasteiger partial charge in [-0.3, -0.25) is 4.90 Å². The lowest BCUT2D eigenvalue weighted by molar-refractivity contribution is 0.261. The first-order valence-corrected chi connectivity index (χ1v) is 10.8. The van der Waals surface area contributed by atoms with E-state index in [-0.39, 0.29) is 5.75 Å². The van der Waals surface area contributed by atoms with Gasteiger partial charge in [-0.2, -0.15) is 11.8 Å². The third-order valence-corrected chi connectivity index (χ3v) is 7.54. The van der Waals surface area contributed by atoms with Gasteiger partial charge in [0, 0.05) is 30.3 Å². The van der Waals surface area contributed by atoms with Crippen LogP contribution in [0.4, 0.5) is 5.13 Å². The molecular formula is C12H22N4O2S3. The van der Waals surface area contributed by atoms with E-state index in [2.05, 4.69) is 22.4 Å². The molecule has 21 heavy (non-hydrogen) atoms. The Bertz CT molecular complexity index is 546. The van der Waals surface area contributed by atoms with Crippen LogP contribution in [0.25, 0.3) is 0 Å². The monoisotopic (exact) mass is 350 g/mol. The van der Waals surface area contributed by atoms with Crippen LogP contribution in [0, 0.1) is 0 Å². The zero-order chi connectivity index (χ0) is 15.3.